The number of aryl methyl sites for hydroxylation is 1. The molecule has 2 nitrogen and oxygen atoms in total. The van der Waals surface area contributed by atoms with E-state index in [4.69, 9.17) is 0 Å². The summed E-state index contributed by atoms with van der Waals surface area (Å²) in [6, 6.07) is 7.26. The molecule has 1 N–H and O–H groups in total. The molecule has 2 heteroatoms. The molecule has 0 unspecified atom stereocenters. The fraction of sp³-hybridized carbons (Fsp3) is 0.625. The summed E-state index contributed by atoms with van der Waals surface area (Å²) < 4.78 is 0. The van der Waals surface area contributed by atoms with Gasteiger partial charge in [-0.1, -0.05) is 26.7 Å². The number of rotatable bonds is 7. The molecule has 0 atom stereocenters. The van der Waals surface area contributed by atoms with Crippen molar-refractivity contribution in [2.45, 2.75) is 52.5 Å². The first-order valence-corrected chi connectivity index (χ1v) is 7.13. The second-order valence-corrected chi connectivity index (χ2v) is 5.31. The van der Waals surface area contributed by atoms with E-state index in [-0.39, 0.29) is 0 Å². The predicted molar refractivity (Wildman–Crippen MR) is 82.7 cm³/mol. The van der Waals surface area contributed by atoms with Crippen molar-refractivity contribution in [2.75, 3.05) is 24.3 Å². The van der Waals surface area contributed by atoms with Gasteiger partial charge in [0.2, 0.25) is 0 Å². The van der Waals surface area contributed by atoms with Crippen molar-refractivity contribution in [3.8, 4) is 0 Å². The van der Waals surface area contributed by atoms with Gasteiger partial charge in [-0.05, 0) is 43.5 Å². The van der Waals surface area contributed by atoms with E-state index < -0.39 is 0 Å². The van der Waals surface area contributed by atoms with E-state index in [1.54, 1.807) is 0 Å². The number of anilines is 2. The molecule has 0 aliphatic heterocycles. The van der Waals surface area contributed by atoms with Gasteiger partial charge in [0.05, 0.1) is 0 Å². The van der Waals surface area contributed by atoms with Crippen LogP contribution in [0.5, 0.6) is 0 Å². The monoisotopic (exact) mass is 248 g/mol. The lowest BCUT2D eigenvalue weighted by atomic mass is 10.1. The van der Waals surface area contributed by atoms with Crippen LogP contribution < -0.4 is 10.2 Å². The maximum atomic E-state index is 3.70. The van der Waals surface area contributed by atoms with Gasteiger partial charge >= 0.3 is 0 Å². The van der Waals surface area contributed by atoms with Crippen LogP contribution in [0.1, 0.15) is 45.1 Å². The van der Waals surface area contributed by atoms with Crippen molar-refractivity contribution < 1.29 is 0 Å². The molecule has 0 aliphatic carbocycles. The SMILES string of the molecule is CCCC(CCC)Nc1ccc(N(C)C)cc1C. The van der Waals surface area contributed by atoms with Crippen molar-refractivity contribution in [1.29, 1.82) is 0 Å². The molecule has 0 amide bonds. The largest absolute Gasteiger partial charge is 0.382 e. The van der Waals surface area contributed by atoms with Crippen LogP contribution in [-0.2, 0) is 0 Å². The van der Waals surface area contributed by atoms with E-state index in [0.717, 1.165) is 0 Å². The molecule has 0 heterocycles. The van der Waals surface area contributed by atoms with Crippen molar-refractivity contribution in [3.05, 3.63) is 23.8 Å². The molecular formula is C16H28N2. The van der Waals surface area contributed by atoms with Gasteiger partial charge in [-0.2, -0.15) is 0 Å². The summed E-state index contributed by atoms with van der Waals surface area (Å²) in [6.45, 7) is 6.70. The standard InChI is InChI=1S/C16H28N2/c1-6-8-14(9-7-2)17-16-11-10-15(18(4)5)12-13(16)3/h10-12,14,17H,6-9H2,1-5H3. The highest BCUT2D eigenvalue weighted by Crippen LogP contribution is 2.23. The van der Waals surface area contributed by atoms with E-state index >= 15 is 0 Å². The molecule has 0 bridgehead atoms. The molecule has 0 radical (unpaired) electrons. The van der Waals surface area contributed by atoms with Gasteiger partial charge in [-0.25, -0.2) is 0 Å². The summed E-state index contributed by atoms with van der Waals surface area (Å²) in [5, 5.41) is 3.70. The van der Waals surface area contributed by atoms with Crippen LogP contribution >= 0.6 is 0 Å². The Hall–Kier alpha value is -1.18. The van der Waals surface area contributed by atoms with Gasteiger partial charge in [0.15, 0.2) is 0 Å². The maximum Gasteiger partial charge on any atom is 0.0373 e. The first-order valence-electron chi connectivity index (χ1n) is 7.13. The Bertz CT molecular complexity index is 352. The van der Waals surface area contributed by atoms with Crippen LogP contribution in [0.3, 0.4) is 0 Å². The first-order chi connectivity index (χ1) is 8.58. The maximum absolute atomic E-state index is 3.70. The second kappa shape index (κ2) is 7.30. The van der Waals surface area contributed by atoms with Gasteiger partial charge in [0, 0.05) is 31.5 Å². The normalized spacial score (nSPS) is 10.8. The fourth-order valence-electron chi connectivity index (χ4n) is 2.29. The molecule has 1 rings (SSSR count). The Morgan fingerprint density at radius 3 is 2.17 bits per heavy atom. The number of hydrogen-bond donors (Lipinski definition) is 1. The third-order valence-corrected chi connectivity index (χ3v) is 3.36. The van der Waals surface area contributed by atoms with Crippen molar-refractivity contribution in [1.82, 2.24) is 0 Å². The number of nitrogens with one attached hydrogen (secondary N) is 1. The van der Waals surface area contributed by atoms with Crippen molar-refractivity contribution >= 4 is 11.4 Å². The quantitative estimate of drug-likeness (QED) is 0.767. The predicted octanol–water partition coefficient (Wildman–Crippen LogP) is 4.44. The van der Waals surface area contributed by atoms with Crippen molar-refractivity contribution in [3.63, 3.8) is 0 Å². The highest BCUT2D eigenvalue weighted by Gasteiger charge is 2.08. The van der Waals surface area contributed by atoms with E-state index in [0.29, 0.717) is 6.04 Å². The molecule has 18 heavy (non-hydrogen) atoms. The van der Waals surface area contributed by atoms with Gasteiger partial charge in [0.1, 0.15) is 0 Å². The Kier molecular flexibility index (Phi) is 6.03. The lowest BCUT2D eigenvalue weighted by molar-refractivity contribution is 0.586. The Balaban J connectivity index is 2.76. The summed E-state index contributed by atoms with van der Waals surface area (Å²) >= 11 is 0. The third kappa shape index (κ3) is 4.25. The van der Waals surface area contributed by atoms with Gasteiger partial charge in [-0.3, -0.25) is 0 Å². The van der Waals surface area contributed by atoms with E-state index in [9.17, 15) is 0 Å². The smallest absolute Gasteiger partial charge is 0.0373 e. The van der Waals surface area contributed by atoms with E-state index in [2.05, 4.69) is 63.3 Å². The zero-order chi connectivity index (χ0) is 13.5. The molecule has 0 fully saturated rings. The van der Waals surface area contributed by atoms with Gasteiger partial charge in [-0.15, -0.1) is 0 Å². The Labute approximate surface area is 112 Å². The third-order valence-electron chi connectivity index (χ3n) is 3.36. The molecule has 0 saturated carbocycles. The lowest BCUT2D eigenvalue weighted by Crippen LogP contribution is -2.19. The van der Waals surface area contributed by atoms with Crippen molar-refractivity contribution in [2.24, 2.45) is 0 Å². The molecule has 0 aliphatic rings. The molecule has 1 aromatic carbocycles. The van der Waals surface area contributed by atoms with E-state index in [1.807, 2.05) is 0 Å². The van der Waals surface area contributed by atoms with Gasteiger partial charge in [0.25, 0.3) is 0 Å². The summed E-state index contributed by atoms with van der Waals surface area (Å²) in [4.78, 5) is 2.15. The first kappa shape index (κ1) is 14.9. The molecular weight excluding hydrogens is 220 g/mol. The molecule has 1 aromatic rings. The Morgan fingerprint density at radius 2 is 1.72 bits per heavy atom. The highest BCUT2D eigenvalue weighted by molar-refractivity contribution is 5.60. The number of hydrogen-bond acceptors (Lipinski definition) is 2. The number of benzene rings is 1. The fourth-order valence-corrected chi connectivity index (χ4v) is 2.29. The Morgan fingerprint density at radius 1 is 1.11 bits per heavy atom. The summed E-state index contributed by atoms with van der Waals surface area (Å²) in [5.74, 6) is 0. The van der Waals surface area contributed by atoms with Gasteiger partial charge < -0.3 is 10.2 Å². The van der Waals surface area contributed by atoms with Crippen LogP contribution in [0.25, 0.3) is 0 Å². The molecule has 0 aromatic heterocycles. The van der Waals surface area contributed by atoms with Crippen LogP contribution in [0, 0.1) is 6.92 Å². The lowest BCUT2D eigenvalue weighted by Gasteiger charge is -2.21. The summed E-state index contributed by atoms with van der Waals surface area (Å²) in [6.07, 6.45) is 4.99. The molecule has 0 spiro atoms. The minimum absolute atomic E-state index is 0.615. The zero-order valence-electron chi connectivity index (χ0n) is 12.6. The summed E-state index contributed by atoms with van der Waals surface area (Å²) in [5.41, 5.74) is 3.88. The minimum Gasteiger partial charge on any atom is -0.382 e. The second-order valence-electron chi connectivity index (χ2n) is 5.31. The summed E-state index contributed by atoms with van der Waals surface area (Å²) in [7, 11) is 4.16. The zero-order valence-corrected chi connectivity index (χ0v) is 12.6. The van der Waals surface area contributed by atoms with Crippen LogP contribution in [0.2, 0.25) is 0 Å². The topological polar surface area (TPSA) is 15.3 Å². The van der Waals surface area contributed by atoms with Crippen LogP contribution in [0.4, 0.5) is 11.4 Å². The highest BCUT2D eigenvalue weighted by atomic mass is 15.1. The minimum atomic E-state index is 0.615. The average Bonchev–Trinajstić information content (AvgIpc) is 2.32. The van der Waals surface area contributed by atoms with Crippen LogP contribution in [-0.4, -0.2) is 20.1 Å². The number of nitrogens with zero attached hydrogens (tertiary/aromatic N) is 1. The van der Waals surface area contributed by atoms with E-state index in [1.165, 1.54) is 42.6 Å². The van der Waals surface area contributed by atoms with Crippen LogP contribution in [0.15, 0.2) is 18.2 Å². The molecule has 102 valence electrons. The average molecular weight is 248 g/mol. The molecule has 0 saturated heterocycles.